The molecule has 11 rings (SSSR count). The predicted molar refractivity (Wildman–Crippen MR) is 304 cm³/mol. The van der Waals surface area contributed by atoms with Crippen LogP contribution < -0.4 is 14.5 Å². The van der Waals surface area contributed by atoms with E-state index in [1.165, 1.54) is 38.9 Å². The molecule has 0 aliphatic carbocycles. The van der Waals surface area contributed by atoms with E-state index < -0.39 is 5.41 Å². The van der Waals surface area contributed by atoms with Crippen LogP contribution >= 0.6 is 0 Å². The third-order valence-electron chi connectivity index (χ3n) is 15.0. The van der Waals surface area contributed by atoms with Crippen LogP contribution in [0, 0.1) is 18.8 Å². The SMILES string of the molecule is CC(C)(C)c1cc(-c2ccccc2)cc(N2[CH-]N(c3[c-]c(Oc4[c-]c5c(cc4)c4ccccc4n5-c4cc(C(C)(C)c5ccccc5)ccn4)cc(C(C)(C)c4ccccc4)c3)c3cc(C(C)(C)C)ccc32)c1.[Pt]. The third-order valence-corrected chi connectivity index (χ3v) is 15.0. The Labute approximate surface area is 452 Å². The fraction of sp³-hybridized carbons (Fsp3) is 0.206. The zero-order valence-corrected chi connectivity index (χ0v) is 46.3. The predicted octanol–water partition coefficient (Wildman–Crippen LogP) is 17.9. The number of hydrogen-bond acceptors (Lipinski definition) is 4. The van der Waals surface area contributed by atoms with Crippen molar-refractivity contribution in [3.05, 3.63) is 246 Å². The van der Waals surface area contributed by atoms with E-state index in [4.69, 9.17) is 9.72 Å². The average molecular weight is 1150 g/mol. The molecule has 1 aliphatic heterocycles. The standard InChI is InChI=1S/C68H63N4O.Pt/c1-65(2,3)50-30-33-61-63(41-50)71(45-70(61)54-37-47(46-22-14-11-15-23-46)36-52(38-54)66(4,5)6)55-39-53(68(9,10)49-26-18-13-19-27-49)40-57(43-55)73-56-31-32-59-58-28-20-21-29-60(58)72(62(59)44-56)64-42-51(34-35-69-64)67(7,8)48-24-16-12-17-25-48;/h11-42,45H,1-10H3;/q-3;. The Morgan fingerprint density at radius 1 is 0.446 bits per heavy atom. The van der Waals surface area contributed by atoms with E-state index >= 15 is 0 Å². The Morgan fingerprint density at radius 2 is 1.08 bits per heavy atom. The molecule has 0 bridgehead atoms. The molecule has 0 amide bonds. The molecule has 0 fully saturated rings. The van der Waals surface area contributed by atoms with E-state index in [0.717, 1.165) is 55.9 Å². The molecule has 0 spiro atoms. The number of aromatic nitrogens is 2. The summed E-state index contributed by atoms with van der Waals surface area (Å²) in [4.78, 5) is 9.66. The van der Waals surface area contributed by atoms with Crippen LogP contribution in [0.15, 0.2) is 194 Å². The van der Waals surface area contributed by atoms with Crippen LogP contribution in [0.25, 0.3) is 38.8 Å². The van der Waals surface area contributed by atoms with Crippen molar-refractivity contribution in [2.24, 2.45) is 0 Å². The molecule has 2 aromatic heterocycles. The summed E-state index contributed by atoms with van der Waals surface area (Å²) in [5.74, 6) is 2.01. The number of rotatable bonds is 10. The van der Waals surface area contributed by atoms with Gasteiger partial charge in [-0.2, -0.15) is 6.07 Å². The van der Waals surface area contributed by atoms with Crippen molar-refractivity contribution >= 4 is 44.6 Å². The normalized spacial score (nSPS) is 13.1. The molecular weight excluding hydrogens is 1080 g/mol. The number of ether oxygens (including phenoxy) is 1. The van der Waals surface area contributed by atoms with Gasteiger partial charge in [0.25, 0.3) is 0 Å². The van der Waals surface area contributed by atoms with Crippen molar-refractivity contribution in [2.45, 2.75) is 90.9 Å². The molecule has 0 atom stereocenters. The van der Waals surface area contributed by atoms with Gasteiger partial charge in [-0.15, -0.1) is 53.6 Å². The molecule has 8 aromatic carbocycles. The van der Waals surface area contributed by atoms with E-state index in [2.05, 4.69) is 284 Å². The summed E-state index contributed by atoms with van der Waals surface area (Å²) in [6.45, 7) is 25.1. The zero-order valence-electron chi connectivity index (χ0n) is 44.1. The fourth-order valence-corrected chi connectivity index (χ4v) is 10.3. The molecule has 6 heteroatoms. The Hall–Kier alpha value is -7.20. The minimum Gasteiger partial charge on any atom is -0.509 e. The Bertz CT molecular complexity index is 3660. The van der Waals surface area contributed by atoms with Crippen molar-refractivity contribution in [1.29, 1.82) is 0 Å². The van der Waals surface area contributed by atoms with Gasteiger partial charge in [0.2, 0.25) is 0 Å². The van der Waals surface area contributed by atoms with Crippen LogP contribution in [-0.4, -0.2) is 9.55 Å². The maximum atomic E-state index is 7.08. The average Bonchev–Trinajstić information content (AvgIpc) is 3.95. The quantitative estimate of drug-likeness (QED) is 0.128. The summed E-state index contributed by atoms with van der Waals surface area (Å²) in [5, 5.41) is 2.20. The van der Waals surface area contributed by atoms with Gasteiger partial charge in [0.1, 0.15) is 5.82 Å². The second-order valence-corrected chi connectivity index (χ2v) is 22.7. The summed E-state index contributed by atoms with van der Waals surface area (Å²) in [6.07, 6.45) is 1.93. The molecule has 0 radical (unpaired) electrons. The van der Waals surface area contributed by atoms with Crippen LogP contribution in [0.1, 0.15) is 103 Å². The summed E-state index contributed by atoms with van der Waals surface area (Å²) < 4.78 is 9.30. The first-order chi connectivity index (χ1) is 34.9. The molecule has 1 aliphatic rings. The molecule has 74 heavy (non-hydrogen) atoms. The van der Waals surface area contributed by atoms with Gasteiger partial charge in [0.05, 0.1) is 0 Å². The Morgan fingerprint density at radius 3 is 1.76 bits per heavy atom. The second kappa shape index (κ2) is 19.3. The van der Waals surface area contributed by atoms with Gasteiger partial charge in [0, 0.05) is 66.8 Å². The Kier molecular flexibility index (Phi) is 13.1. The first-order valence-electron chi connectivity index (χ1n) is 25.5. The van der Waals surface area contributed by atoms with Gasteiger partial charge in [0.15, 0.2) is 0 Å². The fourth-order valence-electron chi connectivity index (χ4n) is 10.3. The first-order valence-corrected chi connectivity index (χ1v) is 25.5. The zero-order chi connectivity index (χ0) is 50.9. The number of anilines is 4. The molecule has 10 aromatic rings. The Balaban J connectivity index is 0.00000626. The summed E-state index contributed by atoms with van der Waals surface area (Å²) in [5.41, 5.74) is 14.9. The van der Waals surface area contributed by atoms with Crippen LogP contribution in [0.3, 0.4) is 0 Å². The first kappa shape index (κ1) is 50.3. The van der Waals surface area contributed by atoms with Crippen LogP contribution in [-0.2, 0) is 42.7 Å². The van der Waals surface area contributed by atoms with Crippen LogP contribution in [0.4, 0.5) is 22.7 Å². The smallest absolute Gasteiger partial charge is 0.135 e. The molecular formula is C68H63N4OPt-3. The number of nitrogens with zero attached hydrogens (tertiary/aromatic N) is 4. The minimum absolute atomic E-state index is 0. The maximum Gasteiger partial charge on any atom is 0.135 e. The summed E-state index contributed by atoms with van der Waals surface area (Å²) in [6, 6.07) is 75.1. The molecule has 0 saturated carbocycles. The number of hydrogen-bond donors (Lipinski definition) is 0. The number of para-hydroxylation sites is 1. The monoisotopic (exact) mass is 1150 g/mol. The molecule has 0 N–H and O–H groups in total. The van der Waals surface area contributed by atoms with E-state index in [9.17, 15) is 0 Å². The molecule has 374 valence electrons. The van der Waals surface area contributed by atoms with Crippen LogP contribution in [0.5, 0.6) is 11.5 Å². The van der Waals surface area contributed by atoms with Gasteiger partial charge in [-0.1, -0.05) is 196 Å². The topological polar surface area (TPSA) is 33.5 Å². The van der Waals surface area contributed by atoms with Crippen molar-refractivity contribution in [1.82, 2.24) is 9.55 Å². The number of benzene rings is 8. The summed E-state index contributed by atoms with van der Waals surface area (Å²) in [7, 11) is 0. The molecule has 0 saturated heterocycles. The van der Waals surface area contributed by atoms with Crippen molar-refractivity contribution < 1.29 is 25.8 Å². The van der Waals surface area contributed by atoms with E-state index in [0.29, 0.717) is 11.5 Å². The molecule has 5 nitrogen and oxygen atoms in total. The van der Waals surface area contributed by atoms with Crippen molar-refractivity contribution in [3.63, 3.8) is 0 Å². The minimum atomic E-state index is -0.394. The molecule has 3 heterocycles. The van der Waals surface area contributed by atoms with Gasteiger partial charge in [-0.05, 0) is 103 Å². The molecule has 0 unspecified atom stereocenters. The van der Waals surface area contributed by atoms with Gasteiger partial charge < -0.3 is 19.1 Å². The van der Waals surface area contributed by atoms with Gasteiger partial charge >= 0.3 is 0 Å². The van der Waals surface area contributed by atoms with Gasteiger partial charge in [-0.25, -0.2) is 4.98 Å². The largest absolute Gasteiger partial charge is 0.509 e. The number of fused-ring (bicyclic) bond motifs is 4. The van der Waals surface area contributed by atoms with Crippen molar-refractivity contribution in [2.75, 3.05) is 9.80 Å². The van der Waals surface area contributed by atoms with E-state index in [1.54, 1.807) is 0 Å². The van der Waals surface area contributed by atoms with Gasteiger partial charge in [-0.3, -0.25) is 0 Å². The second-order valence-electron chi connectivity index (χ2n) is 22.7. The van der Waals surface area contributed by atoms with Crippen molar-refractivity contribution in [3.8, 4) is 28.4 Å². The van der Waals surface area contributed by atoms with E-state index in [1.807, 2.05) is 12.3 Å². The van der Waals surface area contributed by atoms with E-state index in [-0.39, 0.29) is 37.3 Å². The van der Waals surface area contributed by atoms with Crippen LogP contribution in [0.2, 0.25) is 0 Å². The summed E-state index contributed by atoms with van der Waals surface area (Å²) >= 11 is 0. The third kappa shape index (κ3) is 9.37. The maximum absolute atomic E-state index is 7.08. The number of pyridine rings is 1.